The van der Waals surface area contributed by atoms with E-state index < -0.39 is 10.0 Å². The Morgan fingerprint density at radius 3 is 2.32 bits per heavy atom. The first-order chi connectivity index (χ1) is 13.4. The van der Waals surface area contributed by atoms with Gasteiger partial charge in [-0.05, 0) is 49.6 Å². The van der Waals surface area contributed by atoms with Crippen molar-refractivity contribution in [2.45, 2.75) is 37.5 Å². The van der Waals surface area contributed by atoms with Crippen LogP contribution in [0.2, 0.25) is 0 Å². The van der Waals surface area contributed by atoms with E-state index in [4.69, 9.17) is 0 Å². The number of carbonyl (C=O) groups excluding carboxylic acids is 2. The summed E-state index contributed by atoms with van der Waals surface area (Å²) in [6.45, 7) is 2.60. The molecular weight excluding hydrogens is 376 g/mol. The molecule has 1 amide bonds. The highest BCUT2D eigenvalue weighted by Gasteiger charge is 2.25. The number of nitrogens with zero attached hydrogens (tertiary/aromatic N) is 1. The summed E-state index contributed by atoms with van der Waals surface area (Å²) < 4.78 is 26.9. The van der Waals surface area contributed by atoms with Crippen molar-refractivity contribution >= 4 is 27.4 Å². The molecule has 0 aromatic heterocycles. The van der Waals surface area contributed by atoms with Crippen LogP contribution in [0.5, 0.6) is 0 Å². The Labute approximate surface area is 165 Å². The number of ketones is 1. The normalized spacial score (nSPS) is 15.2. The van der Waals surface area contributed by atoms with Crippen LogP contribution in [-0.4, -0.2) is 37.5 Å². The van der Waals surface area contributed by atoms with Crippen molar-refractivity contribution in [3.63, 3.8) is 0 Å². The Bertz CT molecular complexity index is 962. The molecule has 2 aromatic carbocycles. The Hall–Kier alpha value is -2.51. The number of hydrogen-bond donors (Lipinski definition) is 1. The maximum atomic E-state index is 12.7. The topological polar surface area (TPSA) is 83.5 Å². The molecule has 1 aliphatic rings. The van der Waals surface area contributed by atoms with Gasteiger partial charge in [0.2, 0.25) is 15.9 Å². The molecule has 28 heavy (non-hydrogen) atoms. The highest BCUT2D eigenvalue weighted by molar-refractivity contribution is 7.89. The molecule has 2 aromatic rings. The third-order valence-corrected chi connectivity index (χ3v) is 6.71. The minimum atomic E-state index is -3.47. The van der Waals surface area contributed by atoms with Crippen LogP contribution in [0.1, 0.15) is 42.1 Å². The molecule has 1 saturated heterocycles. The summed E-state index contributed by atoms with van der Waals surface area (Å²) in [6.07, 6.45) is 2.97. The first kappa shape index (κ1) is 20.2. The summed E-state index contributed by atoms with van der Waals surface area (Å²) >= 11 is 0. The number of rotatable bonds is 6. The summed E-state index contributed by atoms with van der Waals surface area (Å²) in [4.78, 5) is 24.0. The minimum absolute atomic E-state index is 0.0680. The van der Waals surface area contributed by atoms with Crippen molar-refractivity contribution < 1.29 is 18.0 Å². The lowest BCUT2D eigenvalue weighted by atomic mass is 10.1. The molecule has 0 spiro atoms. The molecule has 0 radical (unpaired) electrons. The first-order valence-electron chi connectivity index (χ1n) is 9.36. The van der Waals surface area contributed by atoms with E-state index in [0.29, 0.717) is 24.3 Å². The van der Waals surface area contributed by atoms with Gasteiger partial charge in [-0.1, -0.05) is 30.7 Å². The number of hydrogen-bond acceptors (Lipinski definition) is 4. The van der Waals surface area contributed by atoms with Crippen LogP contribution in [0, 0.1) is 0 Å². The van der Waals surface area contributed by atoms with Crippen molar-refractivity contribution in [3.05, 3.63) is 59.7 Å². The van der Waals surface area contributed by atoms with Crippen LogP contribution < -0.4 is 5.32 Å². The lowest BCUT2D eigenvalue weighted by molar-refractivity contribution is -0.115. The maximum Gasteiger partial charge on any atom is 0.243 e. The Morgan fingerprint density at radius 2 is 1.68 bits per heavy atom. The molecule has 1 aliphatic heterocycles. The molecule has 6 nitrogen and oxygen atoms in total. The number of carbonyl (C=O) groups is 2. The van der Waals surface area contributed by atoms with E-state index in [2.05, 4.69) is 5.32 Å². The fourth-order valence-electron chi connectivity index (χ4n) is 3.24. The molecule has 0 saturated carbocycles. The van der Waals surface area contributed by atoms with Crippen molar-refractivity contribution in [1.29, 1.82) is 0 Å². The number of Topliss-reactive ketones (excluding diaryl/α,β-unsaturated/α-hetero) is 1. The summed E-state index contributed by atoms with van der Waals surface area (Å²) in [5.74, 6) is -0.297. The SMILES string of the molecule is CC(=O)c1cccc(NC(=O)Cc2ccc(S(=O)(=O)N3CCCCC3)cc2)c1. The predicted octanol–water partition coefficient (Wildman–Crippen LogP) is 3.25. The standard InChI is InChI=1S/C21H24N2O4S/c1-16(24)18-6-5-7-19(15-18)22-21(25)14-17-8-10-20(11-9-17)28(26,27)23-12-3-2-4-13-23/h5-11,15H,2-4,12-14H2,1H3,(H,22,25). The molecule has 1 fully saturated rings. The number of piperidine rings is 1. The van der Waals surface area contributed by atoms with Gasteiger partial charge >= 0.3 is 0 Å². The zero-order chi connectivity index (χ0) is 20.1. The molecule has 0 unspecified atom stereocenters. The molecule has 0 aliphatic carbocycles. The van der Waals surface area contributed by atoms with Gasteiger partial charge < -0.3 is 5.32 Å². The predicted molar refractivity (Wildman–Crippen MR) is 108 cm³/mol. The second kappa shape index (κ2) is 8.67. The van der Waals surface area contributed by atoms with Crippen LogP contribution in [0.15, 0.2) is 53.4 Å². The highest BCUT2D eigenvalue weighted by Crippen LogP contribution is 2.21. The van der Waals surface area contributed by atoms with Gasteiger partial charge in [-0.15, -0.1) is 0 Å². The largest absolute Gasteiger partial charge is 0.326 e. The van der Waals surface area contributed by atoms with Gasteiger partial charge in [0.15, 0.2) is 5.78 Å². The second-order valence-electron chi connectivity index (χ2n) is 6.97. The van der Waals surface area contributed by atoms with Gasteiger partial charge in [0, 0.05) is 24.3 Å². The zero-order valence-electron chi connectivity index (χ0n) is 15.8. The minimum Gasteiger partial charge on any atom is -0.326 e. The van der Waals surface area contributed by atoms with Crippen molar-refractivity contribution in [3.8, 4) is 0 Å². The monoisotopic (exact) mass is 400 g/mol. The van der Waals surface area contributed by atoms with Gasteiger partial charge in [0.25, 0.3) is 0 Å². The molecule has 1 N–H and O–H groups in total. The summed E-state index contributed by atoms with van der Waals surface area (Å²) in [6, 6.07) is 13.2. The number of nitrogens with one attached hydrogen (secondary N) is 1. The van der Waals surface area contributed by atoms with E-state index in [9.17, 15) is 18.0 Å². The van der Waals surface area contributed by atoms with Gasteiger partial charge in [-0.2, -0.15) is 4.31 Å². The third kappa shape index (κ3) is 4.85. The average Bonchev–Trinajstić information content (AvgIpc) is 2.69. The van der Waals surface area contributed by atoms with Crippen LogP contribution in [0.3, 0.4) is 0 Å². The molecule has 7 heteroatoms. The van der Waals surface area contributed by atoms with Crippen molar-refractivity contribution in [1.82, 2.24) is 4.31 Å². The quantitative estimate of drug-likeness (QED) is 0.755. The number of benzene rings is 2. The molecule has 148 valence electrons. The number of sulfonamides is 1. The lowest BCUT2D eigenvalue weighted by Crippen LogP contribution is -2.35. The Morgan fingerprint density at radius 1 is 1.00 bits per heavy atom. The Kier molecular flexibility index (Phi) is 6.26. The lowest BCUT2D eigenvalue weighted by Gasteiger charge is -2.25. The molecule has 0 atom stereocenters. The van der Waals surface area contributed by atoms with Crippen LogP contribution in [0.25, 0.3) is 0 Å². The zero-order valence-corrected chi connectivity index (χ0v) is 16.7. The summed E-state index contributed by atoms with van der Waals surface area (Å²) in [5.41, 5.74) is 1.81. The smallest absolute Gasteiger partial charge is 0.243 e. The number of anilines is 1. The van der Waals surface area contributed by atoms with Crippen LogP contribution in [0.4, 0.5) is 5.69 Å². The number of amides is 1. The third-order valence-electron chi connectivity index (χ3n) is 4.79. The van der Waals surface area contributed by atoms with Gasteiger partial charge in [0.1, 0.15) is 0 Å². The first-order valence-corrected chi connectivity index (χ1v) is 10.8. The van der Waals surface area contributed by atoms with Crippen molar-refractivity contribution in [2.24, 2.45) is 0 Å². The summed E-state index contributed by atoms with van der Waals surface area (Å²) in [5, 5.41) is 2.76. The van der Waals surface area contributed by atoms with Crippen molar-refractivity contribution in [2.75, 3.05) is 18.4 Å². The average molecular weight is 401 g/mol. The summed E-state index contributed by atoms with van der Waals surface area (Å²) in [7, 11) is -3.47. The van der Waals surface area contributed by atoms with Crippen LogP contribution in [-0.2, 0) is 21.2 Å². The Balaban J connectivity index is 1.64. The molecule has 1 heterocycles. The maximum absolute atomic E-state index is 12.7. The van der Waals surface area contributed by atoms with E-state index in [1.165, 1.54) is 11.2 Å². The van der Waals surface area contributed by atoms with Gasteiger partial charge in [-0.3, -0.25) is 9.59 Å². The highest BCUT2D eigenvalue weighted by atomic mass is 32.2. The van der Waals surface area contributed by atoms with E-state index in [1.54, 1.807) is 48.5 Å². The van der Waals surface area contributed by atoms with E-state index in [1.807, 2.05) is 0 Å². The fraction of sp³-hybridized carbons (Fsp3) is 0.333. The fourth-order valence-corrected chi connectivity index (χ4v) is 4.76. The molecule has 3 rings (SSSR count). The molecule has 0 bridgehead atoms. The van der Waals surface area contributed by atoms with Gasteiger partial charge in [-0.25, -0.2) is 8.42 Å². The molecular formula is C21H24N2O4S. The second-order valence-corrected chi connectivity index (χ2v) is 8.91. The van der Waals surface area contributed by atoms with Gasteiger partial charge in [0.05, 0.1) is 11.3 Å². The van der Waals surface area contributed by atoms with Crippen LogP contribution >= 0.6 is 0 Å². The van der Waals surface area contributed by atoms with E-state index in [0.717, 1.165) is 24.8 Å². The van der Waals surface area contributed by atoms with E-state index >= 15 is 0 Å². The van der Waals surface area contributed by atoms with E-state index in [-0.39, 0.29) is 23.0 Å².